The fourth-order valence-corrected chi connectivity index (χ4v) is 2.03. The van der Waals surface area contributed by atoms with Gasteiger partial charge >= 0.3 is 6.09 Å². The van der Waals surface area contributed by atoms with E-state index < -0.39 is 17.7 Å². The van der Waals surface area contributed by atoms with E-state index in [1.54, 1.807) is 33.8 Å². The number of anilines is 1. The van der Waals surface area contributed by atoms with Crippen molar-refractivity contribution in [2.75, 3.05) is 5.32 Å². The summed E-state index contributed by atoms with van der Waals surface area (Å²) in [6.45, 7) is 8.80. The molecule has 116 valence electrons. The van der Waals surface area contributed by atoms with E-state index in [1.165, 1.54) is 0 Å². The molecule has 21 heavy (non-hydrogen) atoms. The second kappa shape index (κ2) is 6.93. The molecule has 1 aromatic rings. The second-order valence-electron chi connectivity index (χ2n) is 5.82. The van der Waals surface area contributed by atoms with E-state index in [0.29, 0.717) is 5.69 Å². The van der Waals surface area contributed by atoms with Crippen LogP contribution in [0.2, 0.25) is 0 Å². The summed E-state index contributed by atoms with van der Waals surface area (Å²) in [6, 6.07) is 4.86. The number of hydrogen-bond acceptors (Lipinski definition) is 3. The molecule has 0 spiro atoms. The van der Waals surface area contributed by atoms with E-state index in [4.69, 9.17) is 4.74 Å². The molecule has 0 fully saturated rings. The molecule has 1 unspecified atom stereocenters. The van der Waals surface area contributed by atoms with E-state index in [1.807, 2.05) is 19.1 Å². The normalized spacial score (nSPS) is 12.5. The summed E-state index contributed by atoms with van der Waals surface area (Å²) in [6.07, 6.45) is -0.613. The first kappa shape index (κ1) is 17.5. The number of rotatable bonds is 3. The second-order valence-corrected chi connectivity index (χ2v) is 6.73. The summed E-state index contributed by atoms with van der Waals surface area (Å²) in [4.78, 5) is 23.7. The van der Waals surface area contributed by atoms with Crippen LogP contribution in [-0.2, 0) is 9.53 Å². The molecule has 0 aromatic heterocycles. The van der Waals surface area contributed by atoms with Crippen LogP contribution in [0.4, 0.5) is 10.5 Å². The van der Waals surface area contributed by atoms with E-state index in [2.05, 4.69) is 26.6 Å². The summed E-state index contributed by atoms with van der Waals surface area (Å²) in [7, 11) is 0. The lowest BCUT2D eigenvalue weighted by atomic mass is 10.2. The highest BCUT2D eigenvalue weighted by Gasteiger charge is 2.21. The number of halogens is 1. The zero-order chi connectivity index (χ0) is 16.2. The smallest absolute Gasteiger partial charge is 0.408 e. The predicted molar refractivity (Wildman–Crippen MR) is 86.3 cm³/mol. The highest BCUT2D eigenvalue weighted by Crippen LogP contribution is 2.20. The van der Waals surface area contributed by atoms with Crippen LogP contribution in [0.1, 0.15) is 33.3 Å². The van der Waals surface area contributed by atoms with Crippen molar-refractivity contribution in [1.82, 2.24) is 5.32 Å². The van der Waals surface area contributed by atoms with Crippen LogP contribution < -0.4 is 10.6 Å². The van der Waals surface area contributed by atoms with Crippen molar-refractivity contribution in [1.29, 1.82) is 0 Å². The van der Waals surface area contributed by atoms with E-state index in [-0.39, 0.29) is 5.91 Å². The average molecular weight is 357 g/mol. The Morgan fingerprint density at radius 2 is 1.90 bits per heavy atom. The summed E-state index contributed by atoms with van der Waals surface area (Å²) in [5.74, 6) is -0.300. The standard InChI is InChI=1S/C15H21BrN2O3/c1-9-8-11(16)6-7-12(9)18-13(19)10(2)17-14(20)21-15(3,4)5/h6-8,10H,1-5H3,(H,17,20)(H,18,19). The highest BCUT2D eigenvalue weighted by molar-refractivity contribution is 9.10. The monoisotopic (exact) mass is 356 g/mol. The van der Waals surface area contributed by atoms with E-state index >= 15 is 0 Å². The lowest BCUT2D eigenvalue weighted by molar-refractivity contribution is -0.117. The summed E-state index contributed by atoms with van der Waals surface area (Å²) < 4.78 is 6.05. The minimum absolute atomic E-state index is 0.300. The molecule has 0 aliphatic carbocycles. The van der Waals surface area contributed by atoms with Gasteiger partial charge < -0.3 is 15.4 Å². The third kappa shape index (κ3) is 6.16. The molecule has 2 amide bonds. The first-order chi connectivity index (χ1) is 9.58. The number of carbonyl (C=O) groups is 2. The van der Waals surface area contributed by atoms with Gasteiger partial charge in [-0.15, -0.1) is 0 Å². The maximum Gasteiger partial charge on any atom is 0.408 e. The maximum atomic E-state index is 12.1. The Hall–Kier alpha value is -1.56. The van der Waals surface area contributed by atoms with Gasteiger partial charge in [-0.1, -0.05) is 15.9 Å². The van der Waals surface area contributed by atoms with Crippen molar-refractivity contribution in [2.24, 2.45) is 0 Å². The molecule has 6 heteroatoms. The molecule has 0 aliphatic rings. The Morgan fingerprint density at radius 3 is 2.43 bits per heavy atom. The highest BCUT2D eigenvalue weighted by atomic mass is 79.9. The summed E-state index contributed by atoms with van der Waals surface area (Å²) >= 11 is 3.37. The number of amides is 2. The van der Waals surface area contributed by atoms with Crippen molar-refractivity contribution >= 4 is 33.6 Å². The number of nitrogens with one attached hydrogen (secondary N) is 2. The number of aryl methyl sites for hydroxylation is 1. The molecule has 0 aliphatic heterocycles. The third-order valence-corrected chi connectivity index (χ3v) is 3.07. The largest absolute Gasteiger partial charge is 0.444 e. The first-order valence-electron chi connectivity index (χ1n) is 6.65. The molecular formula is C15H21BrN2O3. The summed E-state index contributed by atoms with van der Waals surface area (Å²) in [5.41, 5.74) is 1.05. The van der Waals surface area contributed by atoms with Gasteiger partial charge in [0.15, 0.2) is 0 Å². The van der Waals surface area contributed by atoms with Crippen LogP contribution in [0.5, 0.6) is 0 Å². The Bertz CT molecular complexity index is 538. The van der Waals surface area contributed by atoms with Gasteiger partial charge in [-0.25, -0.2) is 4.79 Å². The van der Waals surface area contributed by atoms with E-state index in [9.17, 15) is 9.59 Å². The fourth-order valence-electron chi connectivity index (χ4n) is 1.56. The molecule has 0 bridgehead atoms. The Labute approximate surface area is 133 Å². The molecule has 0 saturated heterocycles. The molecule has 1 aromatic carbocycles. The predicted octanol–water partition coefficient (Wildman–Crippen LogP) is 3.61. The molecule has 0 heterocycles. The van der Waals surface area contributed by atoms with Crippen LogP contribution in [0.15, 0.2) is 22.7 Å². The van der Waals surface area contributed by atoms with E-state index in [0.717, 1.165) is 10.0 Å². The Kier molecular flexibility index (Phi) is 5.78. The number of ether oxygens (including phenoxy) is 1. The lowest BCUT2D eigenvalue weighted by Crippen LogP contribution is -2.44. The topological polar surface area (TPSA) is 67.4 Å². The van der Waals surface area contributed by atoms with Gasteiger partial charge in [0.1, 0.15) is 11.6 Å². The van der Waals surface area contributed by atoms with Gasteiger partial charge in [0.05, 0.1) is 0 Å². The van der Waals surface area contributed by atoms with Crippen molar-refractivity contribution < 1.29 is 14.3 Å². The zero-order valence-corrected chi connectivity index (χ0v) is 14.5. The van der Waals surface area contributed by atoms with Crippen molar-refractivity contribution in [3.05, 3.63) is 28.2 Å². The molecular weight excluding hydrogens is 336 g/mol. The Morgan fingerprint density at radius 1 is 1.29 bits per heavy atom. The van der Waals surface area contributed by atoms with Crippen LogP contribution in [0.25, 0.3) is 0 Å². The maximum absolute atomic E-state index is 12.1. The Balaban J connectivity index is 2.61. The molecule has 0 saturated carbocycles. The molecule has 0 radical (unpaired) electrons. The minimum atomic E-state index is -0.692. The van der Waals surface area contributed by atoms with Crippen molar-refractivity contribution in [3.8, 4) is 0 Å². The number of benzene rings is 1. The SMILES string of the molecule is Cc1cc(Br)ccc1NC(=O)C(C)NC(=O)OC(C)(C)C. The van der Waals surface area contributed by atoms with Crippen molar-refractivity contribution in [2.45, 2.75) is 46.3 Å². The van der Waals surface area contributed by atoms with Crippen LogP contribution in [0.3, 0.4) is 0 Å². The minimum Gasteiger partial charge on any atom is -0.444 e. The molecule has 1 atom stereocenters. The fraction of sp³-hybridized carbons (Fsp3) is 0.467. The van der Waals surface area contributed by atoms with Gasteiger partial charge in [0.25, 0.3) is 0 Å². The van der Waals surface area contributed by atoms with Gasteiger partial charge in [-0.2, -0.15) is 0 Å². The molecule has 2 N–H and O–H groups in total. The third-order valence-electron chi connectivity index (χ3n) is 2.57. The van der Waals surface area contributed by atoms with Gasteiger partial charge in [0, 0.05) is 10.2 Å². The van der Waals surface area contributed by atoms with Gasteiger partial charge in [-0.05, 0) is 58.4 Å². The molecule has 1 rings (SSSR count). The lowest BCUT2D eigenvalue weighted by Gasteiger charge is -2.21. The van der Waals surface area contributed by atoms with Crippen LogP contribution >= 0.6 is 15.9 Å². The summed E-state index contributed by atoms with van der Waals surface area (Å²) in [5, 5.41) is 5.28. The van der Waals surface area contributed by atoms with Crippen LogP contribution in [0, 0.1) is 6.92 Å². The van der Waals surface area contributed by atoms with Crippen molar-refractivity contribution in [3.63, 3.8) is 0 Å². The first-order valence-corrected chi connectivity index (χ1v) is 7.44. The van der Waals surface area contributed by atoms with Gasteiger partial charge in [-0.3, -0.25) is 4.79 Å². The average Bonchev–Trinajstić information content (AvgIpc) is 2.29. The van der Waals surface area contributed by atoms with Crippen LogP contribution in [-0.4, -0.2) is 23.6 Å². The quantitative estimate of drug-likeness (QED) is 0.869. The molecule has 5 nitrogen and oxygen atoms in total. The number of hydrogen-bond donors (Lipinski definition) is 2. The number of carbonyl (C=O) groups excluding carboxylic acids is 2. The zero-order valence-electron chi connectivity index (χ0n) is 12.9. The number of alkyl carbamates (subject to hydrolysis) is 1. The van der Waals surface area contributed by atoms with Gasteiger partial charge in [0.2, 0.25) is 5.91 Å².